The number of aryl methyl sites for hydroxylation is 1. The van der Waals surface area contributed by atoms with E-state index in [2.05, 4.69) is 24.3 Å². The third kappa shape index (κ3) is 3.30. The Kier molecular flexibility index (Phi) is 4.32. The Morgan fingerprint density at radius 2 is 2.40 bits per heavy atom. The molecule has 0 saturated carbocycles. The van der Waals surface area contributed by atoms with Crippen molar-refractivity contribution in [1.82, 2.24) is 20.0 Å². The minimum Gasteiger partial charge on any atom is -0.372 e. The smallest absolute Gasteiger partial charge is 0.318 e. The van der Waals surface area contributed by atoms with Crippen molar-refractivity contribution in [3.05, 3.63) is 18.0 Å². The van der Waals surface area contributed by atoms with Crippen molar-refractivity contribution >= 4 is 6.03 Å². The summed E-state index contributed by atoms with van der Waals surface area (Å²) in [5.74, 6) is 0. The van der Waals surface area contributed by atoms with E-state index in [0.717, 1.165) is 12.0 Å². The number of ether oxygens (including phenoxy) is 1. The normalized spacial score (nSPS) is 24.5. The number of urea groups is 1. The first-order valence-corrected chi connectivity index (χ1v) is 7.11. The maximum Gasteiger partial charge on any atom is 0.318 e. The van der Waals surface area contributed by atoms with Gasteiger partial charge < -0.3 is 15.0 Å². The predicted molar refractivity (Wildman–Crippen MR) is 76.4 cm³/mol. The molecule has 2 rings (SSSR count). The van der Waals surface area contributed by atoms with Crippen LogP contribution in [0.1, 0.15) is 38.8 Å². The number of hydrogen-bond donors (Lipinski definition) is 1. The van der Waals surface area contributed by atoms with Crippen LogP contribution >= 0.6 is 0 Å². The van der Waals surface area contributed by atoms with Crippen molar-refractivity contribution in [2.45, 2.75) is 38.8 Å². The maximum atomic E-state index is 12.3. The molecule has 112 valence electrons. The number of carbonyl (C=O) groups is 1. The standard InChI is InChI=1S/C14H24N4O2/c1-5-14(3)10-18(6-7-20-14)13(19)16-11(2)12-8-15-17(4)9-12/h8-9,11H,5-7,10H2,1-4H3,(H,16,19)/t11-,14-/m0/s1. The van der Waals surface area contributed by atoms with E-state index >= 15 is 0 Å². The number of carbonyl (C=O) groups excluding carboxylic acids is 1. The van der Waals surface area contributed by atoms with Crippen LogP contribution in [-0.4, -0.2) is 46.0 Å². The lowest BCUT2D eigenvalue weighted by molar-refractivity contribution is -0.0874. The summed E-state index contributed by atoms with van der Waals surface area (Å²) in [5.41, 5.74) is 0.778. The second-order valence-electron chi connectivity index (χ2n) is 5.69. The molecule has 0 spiro atoms. The van der Waals surface area contributed by atoms with Gasteiger partial charge in [0, 0.05) is 25.4 Å². The molecule has 1 aliphatic heterocycles. The van der Waals surface area contributed by atoms with E-state index in [0.29, 0.717) is 19.7 Å². The van der Waals surface area contributed by atoms with Crippen molar-refractivity contribution in [2.24, 2.45) is 7.05 Å². The highest BCUT2D eigenvalue weighted by atomic mass is 16.5. The van der Waals surface area contributed by atoms with Crippen molar-refractivity contribution in [1.29, 1.82) is 0 Å². The molecule has 1 aromatic heterocycles. The fraction of sp³-hybridized carbons (Fsp3) is 0.714. The lowest BCUT2D eigenvalue weighted by atomic mass is 10.0. The predicted octanol–water partition coefficient (Wildman–Crippen LogP) is 1.69. The third-order valence-electron chi connectivity index (χ3n) is 3.94. The van der Waals surface area contributed by atoms with Gasteiger partial charge in [0.15, 0.2) is 0 Å². The van der Waals surface area contributed by atoms with Crippen LogP contribution in [0.25, 0.3) is 0 Å². The van der Waals surface area contributed by atoms with E-state index < -0.39 is 0 Å². The Labute approximate surface area is 120 Å². The van der Waals surface area contributed by atoms with Gasteiger partial charge in [0.1, 0.15) is 0 Å². The highest BCUT2D eigenvalue weighted by Crippen LogP contribution is 2.21. The summed E-state index contributed by atoms with van der Waals surface area (Å²) >= 11 is 0. The molecule has 2 heterocycles. The van der Waals surface area contributed by atoms with Gasteiger partial charge in [0.05, 0.1) is 31.0 Å². The quantitative estimate of drug-likeness (QED) is 0.916. The molecule has 1 aromatic rings. The first-order valence-electron chi connectivity index (χ1n) is 7.11. The van der Waals surface area contributed by atoms with E-state index in [-0.39, 0.29) is 17.7 Å². The van der Waals surface area contributed by atoms with Gasteiger partial charge in [-0.2, -0.15) is 5.10 Å². The molecule has 0 bridgehead atoms. The van der Waals surface area contributed by atoms with Crippen molar-refractivity contribution in [3.63, 3.8) is 0 Å². The van der Waals surface area contributed by atoms with Crippen molar-refractivity contribution in [3.8, 4) is 0 Å². The number of rotatable bonds is 3. The number of morpholine rings is 1. The summed E-state index contributed by atoms with van der Waals surface area (Å²) in [6, 6.07) is -0.0868. The highest BCUT2D eigenvalue weighted by Gasteiger charge is 2.32. The van der Waals surface area contributed by atoms with Gasteiger partial charge in [-0.25, -0.2) is 4.79 Å². The molecule has 1 aliphatic rings. The van der Waals surface area contributed by atoms with Gasteiger partial charge in [0.2, 0.25) is 0 Å². The molecule has 2 atom stereocenters. The molecule has 1 fully saturated rings. The van der Waals surface area contributed by atoms with E-state index in [4.69, 9.17) is 4.74 Å². The average Bonchev–Trinajstić information content (AvgIpc) is 2.85. The molecular weight excluding hydrogens is 256 g/mol. The first-order chi connectivity index (χ1) is 9.43. The summed E-state index contributed by atoms with van der Waals surface area (Å²) in [7, 11) is 1.87. The van der Waals surface area contributed by atoms with E-state index in [1.54, 1.807) is 10.9 Å². The van der Waals surface area contributed by atoms with Crippen LogP contribution in [0.2, 0.25) is 0 Å². The minimum absolute atomic E-state index is 0.0377. The van der Waals surface area contributed by atoms with Crippen LogP contribution in [0, 0.1) is 0 Å². The topological polar surface area (TPSA) is 59.4 Å². The molecule has 1 N–H and O–H groups in total. The lowest BCUT2D eigenvalue weighted by Gasteiger charge is -2.40. The second-order valence-corrected chi connectivity index (χ2v) is 5.69. The van der Waals surface area contributed by atoms with E-state index in [1.807, 2.05) is 25.1 Å². The van der Waals surface area contributed by atoms with Gasteiger partial charge in [-0.05, 0) is 20.3 Å². The SMILES string of the molecule is CC[C@@]1(C)CN(C(=O)N[C@@H](C)c2cnn(C)c2)CCO1. The maximum absolute atomic E-state index is 12.3. The molecule has 0 aromatic carbocycles. The minimum atomic E-state index is -0.229. The number of aromatic nitrogens is 2. The molecule has 0 radical (unpaired) electrons. The monoisotopic (exact) mass is 280 g/mol. The zero-order valence-corrected chi connectivity index (χ0v) is 12.7. The molecule has 0 aliphatic carbocycles. The molecular formula is C14H24N4O2. The van der Waals surface area contributed by atoms with Crippen LogP contribution in [-0.2, 0) is 11.8 Å². The Bertz CT molecular complexity index is 473. The van der Waals surface area contributed by atoms with E-state index in [9.17, 15) is 4.79 Å². The largest absolute Gasteiger partial charge is 0.372 e. The van der Waals surface area contributed by atoms with Crippen LogP contribution in [0.15, 0.2) is 12.4 Å². The average molecular weight is 280 g/mol. The van der Waals surface area contributed by atoms with E-state index in [1.165, 1.54) is 0 Å². The Morgan fingerprint density at radius 3 is 3.00 bits per heavy atom. The van der Waals surface area contributed by atoms with Gasteiger partial charge in [0.25, 0.3) is 0 Å². The summed E-state index contributed by atoms with van der Waals surface area (Å²) in [4.78, 5) is 14.2. The summed E-state index contributed by atoms with van der Waals surface area (Å²) in [5, 5.41) is 7.14. The van der Waals surface area contributed by atoms with Crippen molar-refractivity contribution in [2.75, 3.05) is 19.7 Å². The van der Waals surface area contributed by atoms with Gasteiger partial charge >= 0.3 is 6.03 Å². The zero-order chi connectivity index (χ0) is 14.8. The summed E-state index contributed by atoms with van der Waals surface area (Å²) in [6.07, 6.45) is 4.59. The number of nitrogens with zero attached hydrogens (tertiary/aromatic N) is 3. The molecule has 2 amide bonds. The molecule has 0 unspecified atom stereocenters. The number of hydrogen-bond acceptors (Lipinski definition) is 3. The lowest BCUT2D eigenvalue weighted by Crippen LogP contribution is -2.54. The van der Waals surface area contributed by atoms with Gasteiger partial charge in [-0.15, -0.1) is 0 Å². The van der Waals surface area contributed by atoms with Gasteiger partial charge in [-0.3, -0.25) is 4.68 Å². The van der Waals surface area contributed by atoms with Gasteiger partial charge in [-0.1, -0.05) is 6.92 Å². The fourth-order valence-electron chi connectivity index (χ4n) is 2.34. The molecule has 20 heavy (non-hydrogen) atoms. The molecule has 6 nitrogen and oxygen atoms in total. The Hall–Kier alpha value is -1.56. The Balaban J connectivity index is 1.94. The number of amides is 2. The summed E-state index contributed by atoms with van der Waals surface area (Å²) in [6.45, 7) is 7.97. The van der Waals surface area contributed by atoms with Crippen LogP contribution in [0.4, 0.5) is 4.79 Å². The second kappa shape index (κ2) is 5.83. The zero-order valence-electron chi connectivity index (χ0n) is 12.7. The third-order valence-corrected chi connectivity index (χ3v) is 3.94. The van der Waals surface area contributed by atoms with Crippen molar-refractivity contribution < 1.29 is 9.53 Å². The summed E-state index contributed by atoms with van der Waals surface area (Å²) < 4.78 is 7.49. The molecule has 1 saturated heterocycles. The van der Waals surface area contributed by atoms with Crippen LogP contribution in [0.5, 0.6) is 0 Å². The Morgan fingerprint density at radius 1 is 1.65 bits per heavy atom. The van der Waals surface area contributed by atoms with Crippen LogP contribution in [0.3, 0.4) is 0 Å². The fourth-order valence-corrected chi connectivity index (χ4v) is 2.34. The number of nitrogens with one attached hydrogen (secondary N) is 1. The molecule has 6 heteroatoms. The van der Waals surface area contributed by atoms with Crippen LogP contribution < -0.4 is 5.32 Å². The first kappa shape index (κ1) is 14.8. The highest BCUT2D eigenvalue weighted by molar-refractivity contribution is 5.74.